The maximum Gasteiger partial charge on any atom is 0.244 e. The maximum absolute atomic E-state index is 12.2. The lowest BCUT2D eigenvalue weighted by molar-refractivity contribution is -0.132. The number of carbonyl (C=O) groups is 2. The predicted octanol–water partition coefficient (Wildman–Crippen LogP) is 1.03. The third-order valence-corrected chi connectivity index (χ3v) is 3.99. The number of nitrogens with zero attached hydrogens (tertiary/aromatic N) is 4. The summed E-state index contributed by atoms with van der Waals surface area (Å²) in [5, 5.41) is 10.5. The Kier molecular flexibility index (Phi) is 4.17. The van der Waals surface area contributed by atoms with E-state index in [1.54, 1.807) is 6.20 Å². The van der Waals surface area contributed by atoms with E-state index in [9.17, 15) is 9.59 Å². The summed E-state index contributed by atoms with van der Waals surface area (Å²) >= 11 is 0. The molecule has 1 aromatic rings. The molecule has 2 fully saturated rings. The standard InChI is InChI=1S/C14H21N5O2/c20-13(18-7-3-1-2-4-8-18)10-19-9-12(16-17-19)15-14(21)11-5-6-11/h9,11H,1-8,10H2,(H,15,21). The van der Waals surface area contributed by atoms with Gasteiger partial charge < -0.3 is 10.2 Å². The molecule has 1 aliphatic carbocycles. The first-order valence-electron chi connectivity index (χ1n) is 7.71. The quantitative estimate of drug-likeness (QED) is 0.898. The molecular formula is C14H21N5O2. The summed E-state index contributed by atoms with van der Waals surface area (Å²) in [6, 6.07) is 0. The van der Waals surface area contributed by atoms with Crippen molar-refractivity contribution in [3.05, 3.63) is 6.20 Å². The molecule has 0 spiro atoms. The average molecular weight is 291 g/mol. The fourth-order valence-electron chi connectivity index (χ4n) is 2.57. The Hall–Kier alpha value is -1.92. The second kappa shape index (κ2) is 6.24. The monoisotopic (exact) mass is 291 g/mol. The Bertz CT molecular complexity index is 515. The van der Waals surface area contributed by atoms with Gasteiger partial charge in [0.15, 0.2) is 5.82 Å². The molecule has 7 nitrogen and oxygen atoms in total. The van der Waals surface area contributed by atoms with Gasteiger partial charge in [-0.2, -0.15) is 0 Å². The van der Waals surface area contributed by atoms with E-state index in [2.05, 4.69) is 15.6 Å². The molecule has 21 heavy (non-hydrogen) atoms. The van der Waals surface area contributed by atoms with E-state index in [0.717, 1.165) is 38.8 Å². The molecule has 1 saturated carbocycles. The lowest BCUT2D eigenvalue weighted by Crippen LogP contribution is -2.34. The minimum Gasteiger partial charge on any atom is -0.341 e. The van der Waals surface area contributed by atoms with Crippen LogP contribution in [0.15, 0.2) is 6.20 Å². The molecule has 1 aliphatic heterocycles. The number of amides is 2. The van der Waals surface area contributed by atoms with E-state index >= 15 is 0 Å². The second-order valence-electron chi connectivity index (χ2n) is 5.86. The molecule has 2 amide bonds. The van der Waals surface area contributed by atoms with Crippen LogP contribution in [0.2, 0.25) is 0 Å². The lowest BCUT2D eigenvalue weighted by atomic mass is 10.2. The van der Waals surface area contributed by atoms with Crippen molar-refractivity contribution in [2.75, 3.05) is 18.4 Å². The molecule has 0 bridgehead atoms. The first kappa shape index (κ1) is 14.0. The summed E-state index contributed by atoms with van der Waals surface area (Å²) in [5.74, 6) is 0.632. The first-order valence-corrected chi connectivity index (χ1v) is 7.71. The fraction of sp³-hybridized carbons (Fsp3) is 0.714. The summed E-state index contributed by atoms with van der Waals surface area (Å²) in [7, 11) is 0. The predicted molar refractivity (Wildman–Crippen MR) is 76.4 cm³/mol. The Labute approximate surface area is 123 Å². The first-order chi connectivity index (χ1) is 10.2. The molecule has 114 valence electrons. The average Bonchev–Trinajstić information content (AvgIpc) is 3.26. The summed E-state index contributed by atoms with van der Waals surface area (Å²) in [4.78, 5) is 25.7. The largest absolute Gasteiger partial charge is 0.341 e. The summed E-state index contributed by atoms with van der Waals surface area (Å²) in [5.41, 5.74) is 0. The van der Waals surface area contributed by atoms with Gasteiger partial charge in [-0.25, -0.2) is 4.68 Å². The molecule has 2 aliphatic rings. The number of rotatable bonds is 4. The third kappa shape index (κ3) is 3.80. The Morgan fingerprint density at radius 2 is 1.90 bits per heavy atom. The number of hydrogen-bond donors (Lipinski definition) is 1. The topological polar surface area (TPSA) is 80.1 Å². The van der Waals surface area contributed by atoms with Gasteiger partial charge in [-0.15, -0.1) is 5.10 Å². The van der Waals surface area contributed by atoms with Crippen molar-refractivity contribution < 1.29 is 9.59 Å². The van der Waals surface area contributed by atoms with Crippen molar-refractivity contribution in [1.82, 2.24) is 19.9 Å². The molecule has 2 heterocycles. The normalized spacial score (nSPS) is 19.1. The molecule has 0 unspecified atom stereocenters. The van der Waals surface area contributed by atoms with Gasteiger partial charge >= 0.3 is 0 Å². The van der Waals surface area contributed by atoms with Crippen molar-refractivity contribution in [1.29, 1.82) is 0 Å². The van der Waals surface area contributed by atoms with Crippen LogP contribution in [0, 0.1) is 5.92 Å². The zero-order valence-electron chi connectivity index (χ0n) is 12.1. The van der Waals surface area contributed by atoms with Gasteiger partial charge in [-0.05, 0) is 25.7 Å². The van der Waals surface area contributed by atoms with Crippen molar-refractivity contribution in [2.45, 2.75) is 45.1 Å². The van der Waals surface area contributed by atoms with Gasteiger partial charge in [0.05, 0.1) is 6.20 Å². The second-order valence-corrected chi connectivity index (χ2v) is 5.86. The highest BCUT2D eigenvalue weighted by Gasteiger charge is 2.30. The van der Waals surface area contributed by atoms with E-state index in [1.165, 1.54) is 17.5 Å². The summed E-state index contributed by atoms with van der Waals surface area (Å²) in [6.45, 7) is 1.85. The van der Waals surface area contributed by atoms with E-state index < -0.39 is 0 Å². The number of likely N-dealkylation sites (tertiary alicyclic amines) is 1. The smallest absolute Gasteiger partial charge is 0.244 e. The molecule has 0 aromatic carbocycles. The van der Waals surface area contributed by atoms with Crippen molar-refractivity contribution in [3.63, 3.8) is 0 Å². The Morgan fingerprint density at radius 1 is 1.19 bits per heavy atom. The van der Waals surface area contributed by atoms with E-state index in [-0.39, 0.29) is 24.3 Å². The van der Waals surface area contributed by atoms with E-state index in [1.807, 2.05) is 4.90 Å². The molecular weight excluding hydrogens is 270 g/mol. The minimum absolute atomic E-state index is 0.000828. The highest BCUT2D eigenvalue weighted by atomic mass is 16.2. The number of anilines is 1. The highest BCUT2D eigenvalue weighted by Crippen LogP contribution is 2.29. The van der Waals surface area contributed by atoms with Crippen LogP contribution in [-0.4, -0.2) is 44.8 Å². The lowest BCUT2D eigenvalue weighted by Gasteiger charge is -2.19. The maximum atomic E-state index is 12.2. The van der Waals surface area contributed by atoms with Crippen LogP contribution < -0.4 is 5.32 Å². The number of aromatic nitrogens is 3. The van der Waals surface area contributed by atoms with Gasteiger partial charge in [0.25, 0.3) is 0 Å². The number of nitrogens with one attached hydrogen (secondary N) is 1. The van der Waals surface area contributed by atoms with Crippen LogP contribution in [0.5, 0.6) is 0 Å². The van der Waals surface area contributed by atoms with E-state index in [0.29, 0.717) is 5.82 Å². The zero-order valence-corrected chi connectivity index (χ0v) is 12.1. The molecule has 0 atom stereocenters. The van der Waals surface area contributed by atoms with Gasteiger partial charge in [0.2, 0.25) is 11.8 Å². The van der Waals surface area contributed by atoms with Crippen LogP contribution in [0.1, 0.15) is 38.5 Å². The van der Waals surface area contributed by atoms with Gasteiger partial charge in [0.1, 0.15) is 6.54 Å². The van der Waals surface area contributed by atoms with Crippen LogP contribution in [0.4, 0.5) is 5.82 Å². The molecule has 1 aromatic heterocycles. The van der Waals surface area contributed by atoms with Crippen LogP contribution >= 0.6 is 0 Å². The van der Waals surface area contributed by atoms with E-state index in [4.69, 9.17) is 0 Å². The van der Waals surface area contributed by atoms with Crippen molar-refractivity contribution in [3.8, 4) is 0 Å². The van der Waals surface area contributed by atoms with Crippen LogP contribution in [0.25, 0.3) is 0 Å². The molecule has 3 rings (SSSR count). The van der Waals surface area contributed by atoms with Gasteiger partial charge in [-0.3, -0.25) is 9.59 Å². The zero-order chi connectivity index (χ0) is 14.7. The molecule has 1 saturated heterocycles. The summed E-state index contributed by atoms with van der Waals surface area (Å²) < 4.78 is 1.50. The van der Waals surface area contributed by atoms with Crippen molar-refractivity contribution >= 4 is 17.6 Å². The number of carbonyl (C=O) groups excluding carboxylic acids is 2. The number of hydrogen-bond acceptors (Lipinski definition) is 4. The summed E-state index contributed by atoms with van der Waals surface area (Å²) in [6.07, 6.45) is 8.07. The third-order valence-electron chi connectivity index (χ3n) is 3.99. The van der Waals surface area contributed by atoms with Crippen LogP contribution in [-0.2, 0) is 16.1 Å². The SMILES string of the molecule is O=C(Nc1cn(CC(=O)N2CCCCCC2)nn1)C1CC1. The molecule has 7 heteroatoms. The van der Waals surface area contributed by atoms with Gasteiger partial charge in [0, 0.05) is 19.0 Å². The Morgan fingerprint density at radius 3 is 2.57 bits per heavy atom. The highest BCUT2D eigenvalue weighted by molar-refractivity contribution is 5.93. The Balaban J connectivity index is 1.53. The fourth-order valence-corrected chi connectivity index (χ4v) is 2.57. The van der Waals surface area contributed by atoms with Gasteiger partial charge in [-0.1, -0.05) is 18.1 Å². The minimum atomic E-state index is 0.000828. The van der Waals surface area contributed by atoms with Crippen molar-refractivity contribution in [2.24, 2.45) is 5.92 Å². The van der Waals surface area contributed by atoms with Crippen LogP contribution in [0.3, 0.4) is 0 Å². The molecule has 1 N–H and O–H groups in total. The molecule has 0 radical (unpaired) electrons.